The van der Waals surface area contributed by atoms with Crippen LogP contribution in [0.15, 0.2) is 0 Å². The topological polar surface area (TPSA) is 123 Å². The number of hydrogen-bond donors (Lipinski definition) is 3. The van der Waals surface area contributed by atoms with E-state index in [0.717, 1.165) is 25.7 Å². The number of hydrogen-bond acceptors (Lipinski definition) is 9. The molecule has 9 atom stereocenters. The van der Waals surface area contributed by atoms with Gasteiger partial charge < -0.3 is 29.3 Å². The van der Waals surface area contributed by atoms with Crippen LogP contribution in [0.2, 0.25) is 0 Å². The SMILES string of the molecule is CC.COC1CC(CC(C)C(C)OC(=O)C2CCCCN2C(=O)C(=O)C2(O)OC(S)CCC2C)CCC1O. The molecule has 0 aromatic carbocycles. The molecule has 0 radical (unpaired) electrons. The average molecular weight is 560 g/mol. The summed E-state index contributed by atoms with van der Waals surface area (Å²) in [6.45, 7) is 9.79. The molecule has 1 aliphatic carbocycles. The van der Waals surface area contributed by atoms with Crippen molar-refractivity contribution >= 4 is 30.3 Å². The van der Waals surface area contributed by atoms with Crippen molar-refractivity contribution in [3.05, 3.63) is 0 Å². The van der Waals surface area contributed by atoms with Gasteiger partial charge in [-0.25, -0.2) is 4.79 Å². The van der Waals surface area contributed by atoms with E-state index in [1.54, 1.807) is 14.0 Å². The number of ether oxygens (including phenoxy) is 3. The van der Waals surface area contributed by atoms with Crippen LogP contribution in [0.3, 0.4) is 0 Å². The largest absolute Gasteiger partial charge is 0.461 e. The second-order valence-electron chi connectivity index (χ2n) is 11.0. The van der Waals surface area contributed by atoms with Gasteiger partial charge in [0.2, 0.25) is 5.79 Å². The van der Waals surface area contributed by atoms with Gasteiger partial charge in [0.05, 0.1) is 12.2 Å². The van der Waals surface area contributed by atoms with Crippen LogP contribution in [0.1, 0.15) is 92.4 Å². The number of amides is 1. The zero-order valence-corrected chi connectivity index (χ0v) is 24.8. The molecule has 220 valence electrons. The fourth-order valence-corrected chi connectivity index (χ4v) is 6.02. The number of thiol groups is 1. The summed E-state index contributed by atoms with van der Waals surface area (Å²) in [7, 11) is 1.61. The van der Waals surface area contributed by atoms with E-state index in [1.165, 1.54) is 4.90 Å². The molecule has 2 saturated heterocycles. The Morgan fingerprint density at radius 3 is 2.45 bits per heavy atom. The third-order valence-electron chi connectivity index (χ3n) is 8.36. The van der Waals surface area contributed by atoms with Crippen LogP contribution in [0.4, 0.5) is 0 Å². The number of ketones is 1. The second-order valence-corrected chi connectivity index (χ2v) is 11.5. The number of methoxy groups -OCH3 is 1. The molecular formula is C28H49NO8S. The fourth-order valence-electron chi connectivity index (χ4n) is 5.71. The Morgan fingerprint density at radius 2 is 1.79 bits per heavy atom. The summed E-state index contributed by atoms with van der Waals surface area (Å²) < 4.78 is 16.6. The average Bonchev–Trinajstić information content (AvgIpc) is 2.92. The summed E-state index contributed by atoms with van der Waals surface area (Å²) in [6, 6.07) is -0.873. The van der Waals surface area contributed by atoms with E-state index in [4.69, 9.17) is 14.2 Å². The first-order valence-electron chi connectivity index (χ1n) is 14.3. The normalized spacial score (nSPS) is 35.3. The van der Waals surface area contributed by atoms with E-state index in [1.807, 2.05) is 27.7 Å². The van der Waals surface area contributed by atoms with Crippen LogP contribution in [0, 0.1) is 17.8 Å². The molecule has 3 fully saturated rings. The Morgan fingerprint density at radius 1 is 1.11 bits per heavy atom. The van der Waals surface area contributed by atoms with Crippen LogP contribution in [0.25, 0.3) is 0 Å². The van der Waals surface area contributed by atoms with Crippen LogP contribution in [-0.2, 0) is 28.6 Å². The molecule has 10 heteroatoms. The predicted molar refractivity (Wildman–Crippen MR) is 146 cm³/mol. The molecule has 9 unspecified atom stereocenters. The quantitative estimate of drug-likeness (QED) is 0.235. The fraction of sp³-hybridized carbons (Fsp3) is 0.893. The van der Waals surface area contributed by atoms with Gasteiger partial charge in [-0.1, -0.05) is 27.7 Å². The Bertz CT molecular complexity index is 797. The third kappa shape index (κ3) is 7.93. The summed E-state index contributed by atoms with van der Waals surface area (Å²) in [5.41, 5.74) is -0.640. The maximum Gasteiger partial charge on any atom is 0.329 e. The highest BCUT2D eigenvalue weighted by atomic mass is 32.1. The number of nitrogens with zero attached hydrogens (tertiary/aromatic N) is 1. The highest BCUT2D eigenvalue weighted by Crippen LogP contribution is 2.36. The molecule has 0 aromatic rings. The zero-order valence-electron chi connectivity index (χ0n) is 23.9. The van der Waals surface area contributed by atoms with Crippen LogP contribution < -0.4 is 0 Å². The number of aliphatic hydroxyl groups is 2. The number of carbonyl (C=O) groups is 3. The smallest absolute Gasteiger partial charge is 0.329 e. The van der Waals surface area contributed by atoms with Gasteiger partial charge in [-0.15, -0.1) is 12.6 Å². The number of carbonyl (C=O) groups excluding carboxylic acids is 3. The van der Waals surface area contributed by atoms with Crippen LogP contribution in [-0.4, -0.2) is 82.0 Å². The van der Waals surface area contributed by atoms with Crippen molar-refractivity contribution in [2.75, 3.05) is 13.7 Å². The van der Waals surface area contributed by atoms with Crippen molar-refractivity contribution < 1.29 is 38.8 Å². The Hall–Kier alpha value is -1.20. The molecule has 9 nitrogen and oxygen atoms in total. The van der Waals surface area contributed by atoms with Gasteiger partial charge >= 0.3 is 5.97 Å². The maximum atomic E-state index is 13.2. The lowest BCUT2D eigenvalue weighted by Crippen LogP contribution is -2.60. The number of Topliss-reactive ketones (excluding diaryl/α,β-unsaturated/α-hetero) is 1. The summed E-state index contributed by atoms with van der Waals surface area (Å²) in [4.78, 5) is 40.7. The molecule has 0 bridgehead atoms. The minimum atomic E-state index is -2.25. The molecule has 38 heavy (non-hydrogen) atoms. The second kappa shape index (κ2) is 15.0. The molecule has 3 aliphatic rings. The number of likely N-dealkylation sites (tertiary alicyclic amines) is 1. The molecule has 1 amide bonds. The lowest BCUT2D eigenvalue weighted by atomic mass is 9.79. The van der Waals surface area contributed by atoms with E-state index in [0.29, 0.717) is 38.0 Å². The molecule has 0 aromatic heterocycles. The zero-order chi connectivity index (χ0) is 28.6. The van der Waals surface area contributed by atoms with Crippen molar-refractivity contribution in [1.29, 1.82) is 0 Å². The first-order chi connectivity index (χ1) is 18.0. The molecule has 0 spiro atoms. The Labute approximate surface area is 233 Å². The van der Waals surface area contributed by atoms with Gasteiger partial charge in [0.25, 0.3) is 11.7 Å². The molecular weight excluding hydrogens is 510 g/mol. The minimum absolute atomic E-state index is 0.0746. The van der Waals surface area contributed by atoms with Crippen molar-refractivity contribution in [3.63, 3.8) is 0 Å². The Balaban J connectivity index is 0.00000247. The number of rotatable bonds is 8. The summed E-state index contributed by atoms with van der Waals surface area (Å²) in [5, 5.41) is 21.0. The van der Waals surface area contributed by atoms with E-state index >= 15 is 0 Å². The molecule has 2 heterocycles. The van der Waals surface area contributed by atoms with Gasteiger partial charge in [0, 0.05) is 19.6 Å². The standard InChI is InChI=1S/C26H43NO8S.C2H6/c1-15(13-18-9-10-20(28)21(14-18)33-4)17(3)34-25(31)19-7-5-6-12-27(19)24(30)23(29)26(32)16(2)8-11-22(36)35-26;1-2/h15-22,28,32,36H,5-14H2,1-4H3;1-2H3. The third-order valence-corrected chi connectivity index (χ3v) is 8.73. The van der Waals surface area contributed by atoms with E-state index in [2.05, 4.69) is 12.6 Å². The molecule has 2 N–H and O–H groups in total. The maximum absolute atomic E-state index is 13.2. The monoisotopic (exact) mass is 559 g/mol. The summed E-state index contributed by atoms with van der Waals surface area (Å²) >= 11 is 4.22. The van der Waals surface area contributed by atoms with Crippen molar-refractivity contribution in [3.8, 4) is 0 Å². The van der Waals surface area contributed by atoms with Crippen molar-refractivity contribution in [1.82, 2.24) is 4.90 Å². The van der Waals surface area contributed by atoms with Gasteiger partial charge in [-0.3, -0.25) is 9.59 Å². The van der Waals surface area contributed by atoms with Crippen molar-refractivity contribution in [2.45, 2.75) is 128 Å². The highest BCUT2D eigenvalue weighted by molar-refractivity contribution is 7.80. The van der Waals surface area contributed by atoms with Crippen LogP contribution >= 0.6 is 12.6 Å². The number of esters is 1. The lowest BCUT2D eigenvalue weighted by molar-refractivity contribution is -0.247. The minimum Gasteiger partial charge on any atom is -0.461 e. The number of aliphatic hydroxyl groups excluding tert-OH is 1. The van der Waals surface area contributed by atoms with E-state index in [-0.39, 0.29) is 24.7 Å². The first-order valence-corrected chi connectivity index (χ1v) is 14.8. The van der Waals surface area contributed by atoms with Gasteiger partial charge in [0.1, 0.15) is 17.6 Å². The van der Waals surface area contributed by atoms with E-state index in [9.17, 15) is 24.6 Å². The van der Waals surface area contributed by atoms with Gasteiger partial charge in [-0.2, -0.15) is 0 Å². The van der Waals surface area contributed by atoms with Gasteiger partial charge in [-0.05, 0) is 76.5 Å². The van der Waals surface area contributed by atoms with Crippen molar-refractivity contribution in [2.24, 2.45) is 17.8 Å². The highest BCUT2D eigenvalue weighted by Gasteiger charge is 2.52. The summed E-state index contributed by atoms with van der Waals surface area (Å²) in [5.74, 6) is -4.86. The predicted octanol–water partition coefficient (Wildman–Crippen LogP) is 3.49. The lowest BCUT2D eigenvalue weighted by Gasteiger charge is -2.41. The summed E-state index contributed by atoms with van der Waals surface area (Å²) in [6.07, 6.45) is 5.07. The van der Waals surface area contributed by atoms with Gasteiger partial charge in [0.15, 0.2) is 0 Å². The first kappa shape index (κ1) is 33.0. The Kier molecular flexibility index (Phi) is 13.0. The number of piperidine rings is 1. The van der Waals surface area contributed by atoms with Crippen LogP contribution in [0.5, 0.6) is 0 Å². The molecule has 1 saturated carbocycles. The molecule has 3 rings (SSSR count). The van der Waals surface area contributed by atoms with E-state index < -0.39 is 46.9 Å². The molecule has 2 aliphatic heterocycles.